The van der Waals surface area contributed by atoms with Crippen LogP contribution >= 0.6 is 0 Å². The Labute approximate surface area is 157 Å². The fraction of sp³-hybridized carbons (Fsp3) is 0.421. The van der Waals surface area contributed by atoms with Gasteiger partial charge in [-0.05, 0) is 38.9 Å². The summed E-state index contributed by atoms with van der Waals surface area (Å²) in [4.78, 5) is 13.3. The molecule has 0 aromatic carbocycles. The number of alkyl halides is 1. The number of imidazole rings is 1. The Hall–Kier alpha value is -2.74. The highest BCUT2D eigenvalue weighted by atomic mass is 19.1. The van der Waals surface area contributed by atoms with Crippen molar-refractivity contribution in [3.8, 4) is 17.3 Å². The van der Waals surface area contributed by atoms with Crippen LogP contribution in [-0.4, -0.2) is 50.8 Å². The summed E-state index contributed by atoms with van der Waals surface area (Å²) in [5.41, 5.74) is 2.28. The highest BCUT2D eigenvalue weighted by molar-refractivity contribution is 5.61. The first-order valence-corrected chi connectivity index (χ1v) is 9.18. The molecule has 0 amide bonds. The maximum atomic E-state index is 14.1. The van der Waals surface area contributed by atoms with Crippen LogP contribution in [0.2, 0.25) is 0 Å². The molecular weight excluding hydrogens is 347 g/mol. The molecule has 2 N–H and O–H groups in total. The van der Waals surface area contributed by atoms with E-state index in [1.165, 1.54) is 0 Å². The molecular formula is C19H23FN6O. The predicted molar refractivity (Wildman–Crippen MR) is 102 cm³/mol. The van der Waals surface area contributed by atoms with E-state index < -0.39 is 6.17 Å². The number of hydrogen-bond acceptors (Lipinski definition) is 6. The van der Waals surface area contributed by atoms with Gasteiger partial charge in [-0.15, -0.1) is 0 Å². The highest BCUT2D eigenvalue weighted by Gasteiger charge is 2.24. The number of nitrogens with one attached hydrogen (secondary N) is 2. The third-order valence-electron chi connectivity index (χ3n) is 4.47. The summed E-state index contributed by atoms with van der Waals surface area (Å²) in [6.07, 6.45) is 4.89. The zero-order valence-corrected chi connectivity index (χ0v) is 15.4. The van der Waals surface area contributed by atoms with Gasteiger partial charge in [0.15, 0.2) is 5.65 Å². The van der Waals surface area contributed by atoms with E-state index in [-0.39, 0.29) is 12.1 Å². The van der Waals surface area contributed by atoms with Crippen molar-refractivity contribution in [2.45, 2.75) is 38.6 Å². The van der Waals surface area contributed by atoms with Crippen molar-refractivity contribution in [2.75, 3.05) is 18.4 Å². The Balaban J connectivity index is 1.63. The Morgan fingerprint density at radius 2 is 2.19 bits per heavy atom. The van der Waals surface area contributed by atoms with Crippen molar-refractivity contribution in [1.82, 2.24) is 24.7 Å². The van der Waals surface area contributed by atoms with Gasteiger partial charge in [0.05, 0.1) is 42.1 Å². The molecule has 0 bridgehead atoms. The van der Waals surface area contributed by atoms with Gasteiger partial charge in [-0.3, -0.25) is 4.40 Å². The maximum Gasteiger partial charge on any atom is 0.230 e. The summed E-state index contributed by atoms with van der Waals surface area (Å²) in [6.45, 7) is 5.21. The first kappa shape index (κ1) is 17.7. The minimum absolute atomic E-state index is 0.0327. The Kier molecular flexibility index (Phi) is 4.89. The lowest BCUT2D eigenvalue weighted by Gasteiger charge is -2.28. The van der Waals surface area contributed by atoms with Gasteiger partial charge in [-0.1, -0.05) is 6.07 Å². The zero-order chi connectivity index (χ0) is 18.8. The third kappa shape index (κ3) is 3.85. The van der Waals surface area contributed by atoms with Crippen LogP contribution in [0.4, 0.5) is 10.2 Å². The molecule has 0 radical (unpaired) electrons. The molecule has 27 heavy (non-hydrogen) atoms. The minimum atomic E-state index is -0.880. The summed E-state index contributed by atoms with van der Waals surface area (Å²) < 4.78 is 21.7. The van der Waals surface area contributed by atoms with E-state index in [0.29, 0.717) is 36.9 Å². The topological polar surface area (TPSA) is 76.4 Å². The van der Waals surface area contributed by atoms with Gasteiger partial charge in [-0.2, -0.15) is 0 Å². The normalized spacial score (nSPS) is 20.1. The number of halogens is 1. The van der Waals surface area contributed by atoms with Gasteiger partial charge in [0.1, 0.15) is 12.0 Å². The Morgan fingerprint density at radius 1 is 1.30 bits per heavy atom. The van der Waals surface area contributed by atoms with Crippen molar-refractivity contribution in [3.63, 3.8) is 0 Å². The number of pyridine rings is 1. The second kappa shape index (κ2) is 7.48. The second-order valence-electron chi connectivity index (χ2n) is 6.93. The molecule has 2 atom stereocenters. The van der Waals surface area contributed by atoms with Gasteiger partial charge < -0.3 is 15.4 Å². The fourth-order valence-corrected chi connectivity index (χ4v) is 3.18. The first-order valence-electron chi connectivity index (χ1n) is 9.18. The van der Waals surface area contributed by atoms with Crippen LogP contribution < -0.4 is 15.4 Å². The van der Waals surface area contributed by atoms with Gasteiger partial charge in [0, 0.05) is 6.54 Å². The Bertz CT molecular complexity index is 927. The fourth-order valence-electron chi connectivity index (χ4n) is 3.18. The molecule has 4 heterocycles. The molecule has 0 saturated carbocycles. The number of nitrogens with zero attached hydrogens (tertiary/aromatic N) is 4. The minimum Gasteiger partial charge on any atom is -0.474 e. The lowest BCUT2D eigenvalue weighted by molar-refractivity contribution is 0.231. The summed E-state index contributed by atoms with van der Waals surface area (Å²) in [5.74, 6) is 1.17. The van der Waals surface area contributed by atoms with Crippen LogP contribution in [0.3, 0.4) is 0 Å². The molecule has 1 aliphatic heterocycles. The summed E-state index contributed by atoms with van der Waals surface area (Å²) in [6, 6.07) is 5.38. The highest BCUT2D eigenvalue weighted by Crippen LogP contribution is 2.23. The van der Waals surface area contributed by atoms with Crippen LogP contribution in [0.15, 0.2) is 36.8 Å². The number of rotatable bonds is 5. The van der Waals surface area contributed by atoms with Crippen molar-refractivity contribution in [1.29, 1.82) is 0 Å². The molecule has 1 saturated heterocycles. The van der Waals surface area contributed by atoms with E-state index >= 15 is 0 Å². The van der Waals surface area contributed by atoms with E-state index in [4.69, 9.17) is 4.74 Å². The number of piperidine rings is 1. The molecule has 142 valence electrons. The third-order valence-corrected chi connectivity index (χ3v) is 4.47. The molecule has 8 heteroatoms. The van der Waals surface area contributed by atoms with Crippen LogP contribution in [0, 0.1) is 0 Å². The molecule has 1 aliphatic rings. The second-order valence-corrected chi connectivity index (χ2v) is 6.93. The molecule has 2 unspecified atom stereocenters. The monoisotopic (exact) mass is 370 g/mol. The average molecular weight is 370 g/mol. The molecule has 3 aromatic rings. The quantitative estimate of drug-likeness (QED) is 0.719. The van der Waals surface area contributed by atoms with E-state index in [1.54, 1.807) is 12.4 Å². The predicted octanol–water partition coefficient (Wildman–Crippen LogP) is 2.69. The first-order chi connectivity index (χ1) is 13.1. The number of hydrogen-bond donors (Lipinski definition) is 2. The van der Waals surface area contributed by atoms with Gasteiger partial charge in [0.25, 0.3) is 0 Å². The molecule has 1 fully saturated rings. The number of ether oxygens (including phenoxy) is 1. The zero-order valence-electron chi connectivity index (χ0n) is 15.4. The summed E-state index contributed by atoms with van der Waals surface area (Å²) in [5, 5.41) is 6.41. The number of anilines is 1. The van der Waals surface area contributed by atoms with Crippen LogP contribution in [0.5, 0.6) is 5.88 Å². The standard InChI is InChI=1S/C19H23FN6O/c1-12(2)27-19-11-26-16(9-22-18(26)10-23-19)14-4-3-5-17(24-14)25-15-8-21-7-6-13(15)20/h3-5,9-13,15,21H,6-8H2,1-2H3,(H,24,25). The van der Waals surface area contributed by atoms with E-state index in [2.05, 4.69) is 25.6 Å². The van der Waals surface area contributed by atoms with E-state index in [0.717, 1.165) is 11.4 Å². The van der Waals surface area contributed by atoms with Crippen molar-refractivity contribution >= 4 is 11.5 Å². The Morgan fingerprint density at radius 3 is 3.00 bits per heavy atom. The van der Waals surface area contributed by atoms with Crippen molar-refractivity contribution in [3.05, 3.63) is 36.8 Å². The molecule has 0 spiro atoms. The summed E-state index contributed by atoms with van der Waals surface area (Å²) >= 11 is 0. The van der Waals surface area contributed by atoms with E-state index in [1.807, 2.05) is 42.6 Å². The van der Waals surface area contributed by atoms with Crippen LogP contribution in [0.25, 0.3) is 17.0 Å². The largest absolute Gasteiger partial charge is 0.474 e. The number of fused-ring (bicyclic) bond motifs is 1. The molecule has 0 aliphatic carbocycles. The van der Waals surface area contributed by atoms with Crippen LogP contribution in [0.1, 0.15) is 20.3 Å². The number of aromatic nitrogens is 4. The van der Waals surface area contributed by atoms with Crippen molar-refractivity contribution < 1.29 is 9.13 Å². The van der Waals surface area contributed by atoms with Gasteiger partial charge >= 0.3 is 0 Å². The lowest BCUT2D eigenvalue weighted by atomic mass is 10.1. The SMILES string of the molecule is CC(C)Oc1cn2c(-c3cccc(NC4CNCCC4F)n3)cnc2cn1. The maximum absolute atomic E-state index is 14.1. The van der Waals surface area contributed by atoms with E-state index in [9.17, 15) is 4.39 Å². The molecule has 3 aromatic heterocycles. The smallest absolute Gasteiger partial charge is 0.230 e. The van der Waals surface area contributed by atoms with Gasteiger partial charge in [-0.25, -0.2) is 19.3 Å². The molecule has 4 rings (SSSR count). The molecule has 7 nitrogen and oxygen atoms in total. The average Bonchev–Trinajstić information content (AvgIpc) is 3.07. The summed E-state index contributed by atoms with van der Waals surface area (Å²) in [7, 11) is 0. The van der Waals surface area contributed by atoms with Crippen LogP contribution in [-0.2, 0) is 0 Å². The van der Waals surface area contributed by atoms with Gasteiger partial charge in [0.2, 0.25) is 5.88 Å². The lowest BCUT2D eigenvalue weighted by Crippen LogP contribution is -2.46. The van der Waals surface area contributed by atoms with Crippen molar-refractivity contribution in [2.24, 2.45) is 0 Å².